The number of hydrogen-bond acceptors (Lipinski definition) is 4. The summed E-state index contributed by atoms with van der Waals surface area (Å²) in [5, 5.41) is 2.95. The third-order valence-electron chi connectivity index (χ3n) is 4.11. The van der Waals surface area contributed by atoms with Crippen molar-refractivity contribution >= 4 is 12.0 Å². The third-order valence-corrected chi connectivity index (χ3v) is 4.11. The summed E-state index contributed by atoms with van der Waals surface area (Å²) in [4.78, 5) is 12.3. The molecule has 1 heterocycles. The summed E-state index contributed by atoms with van der Waals surface area (Å²) in [6.45, 7) is -2.40. The van der Waals surface area contributed by atoms with Crippen LogP contribution in [-0.2, 0) is 4.79 Å². The Labute approximate surface area is 155 Å². The number of fused-ring (bicyclic) bond motifs is 1. The Balaban J connectivity index is 1.67. The van der Waals surface area contributed by atoms with Crippen LogP contribution in [0.15, 0.2) is 48.5 Å². The first-order chi connectivity index (χ1) is 13.1. The van der Waals surface area contributed by atoms with Crippen molar-refractivity contribution in [2.24, 2.45) is 0 Å². The van der Waals surface area contributed by atoms with Crippen LogP contribution in [0.3, 0.4) is 0 Å². The first kappa shape index (κ1) is 18.7. The summed E-state index contributed by atoms with van der Waals surface area (Å²) in [7, 11) is 1.36. The van der Waals surface area contributed by atoms with E-state index in [0.717, 1.165) is 11.3 Å². The fourth-order valence-corrected chi connectivity index (χ4v) is 2.86. The Morgan fingerprint density at radius 1 is 1.26 bits per heavy atom. The largest absolute Gasteiger partial charge is 0.493 e. The number of rotatable bonds is 6. The Kier molecular flexibility index (Phi) is 5.90. The molecule has 0 aromatic heterocycles. The first-order valence-electron chi connectivity index (χ1n) is 8.40. The van der Waals surface area contributed by atoms with Crippen LogP contribution in [0, 0.1) is 0 Å². The van der Waals surface area contributed by atoms with Crippen molar-refractivity contribution in [2.45, 2.75) is 19.1 Å². The van der Waals surface area contributed by atoms with Gasteiger partial charge in [-0.15, -0.1) is 0 Å². The standard InChI is InChI=1S/C20H19F2NO4/c1-25-18-12-13(6-8-17(18)27-20(21)22)7-9-19(24)23-15-10-11-26-16-5-3-2-4-14(15)16/h2-9,12,15,20H,10-11H2,1H3,(H,23,24)/b9-7+. The lowest BCUT2D eigenvalue weighted by Gasteiger charge is -2.26. The van der Waals surface area contributed by atoms with Gasteiger partial charge in [-0.3, -0.25) is 4.79 Å². The molecule has 0 radical (unpaired) electrons. The number of hydrogen-bond donors (Lipinski definition) is 1. The van der Waals surface area contributed by atoms with Gasteiger partial charge in [-0.1, -0.05) is 24.3 Å². The zero-order valence-electron chi connectivity index (χ0n) is 14.7. The molecular weight excluding hydrogens is 356 g/mol. The van der Waals surface area contributed by atoms with Crippen LogP contribution >= 0.6 is 0 Å². The van der Waals surface area contributed by atoms with Gasteiger partial charge in [0.15, 0.2) is 11.5 Å². The molecule has 2 aromatic carbocycles. The lowest BCUT2D eigenvalue weighted by molar-refractivity contribution is -0.117. The molecule has 1 aliphatic rings. The molecule has 27 heavy (non-hydrogen) atoms. The van der Waals surface area contributed by atoms with E-state index in [1.807, 2.05) is 24.3 Å². The number of methoxy groups -OCH3 is 1. The molecule has 5 nitrogen and oxygen atoms in total. The van der Waals surface area contributed by atoms with E-state index in [1.165, 1.54) is 25.3 Å². The van der Waals surface area contributed by atoms with Crippen molar-refractivity contribution in [1.29, 1.82) is 0 Å². The highest BCUT2D eigenvalue weighted by Crippen LogP contribution is 2.32. The van der Waals surface area contributed by atoms with Crippen LogP contribution < -0.4 is 19.5 Å². The summed E-state index contributed by atoms with van der Waals surface area (Å²) >= 11 is 0. The number of halogens is 2. The quantitative estimate of drug-likeness (QED) is 0.777. The zero-order valence-corrected chi connectivity index (χ0v) is 14.7. The molecule has 2 aromatic rings. The first-order valence-corrected chi connectivity index (χ1v) is 8.40. The van der Waals surface area contributed by atoms with Crippen molar-refractivity contribution < 1.29 is 27.8 Å². The molecule has 1 amide bonds. The van der Waals surface area contributed by atoms with E-state index >= 15 is 0 Å². The van der Waals surface area contributed by atoms with Crippen molar-refractivity contribution in [3.8, 4) is 17.2 Å². The Morgan fingerprint density at radius 3 is 2.85 bits per heavy atom. The predicted molar refractivity (Wildman–Crippen MR) is 96.1 cm³/mol. The molecule has 0 aliphatic carbocycles. The van der Waals surface area contributed by atoms with Crippen molar-refractivity contribution in [2.75, 3.05) is 13.7 Å². The van der Waals surface area contributed by atoms with Gasteiger partial charge in [-0.2, -0.15) is 8.78 Å². The number of amides is 1. The summed E-state index contributed by atoms with van der Waals surface area (Å²) in [5.41, 5.74) is 1.57. The maximum absolute atomic E-state index is 12.4. The molecule has 0 saturated heterocycles. The molecule has 1 aliphatic heterocycles. The van der Waals surface area contributed by atoms with Gasteiger partial charge in [-0.25, -0.2) is 0 Å². The lowest BCUT2D eigenvalue weighted by Crippen LogP contribution is -2.30. The van der Waals surface area contributed by atoms with Gasteiger partial charge >= 0.3 is 6.61 Å². The number of benzene rings is 2. The normalized spacial score (nSPS) is 15.9. The molecule has 1 unspecified atom stereocenters. The molecule has 0 fully saturated rings. The van der Waals surface area contributed by atoms with Gasteiger partial charge in [0.1, 0.15) is 5.75 Å². The second kappa shape index (κ2) is 8.53. The van der Waals surface area contributed by atoms with Crippen molar-refractivity contribution in [3.63, 3.8) is 0 Å². The fourth-order valence-electron chi connectivity index (χ4n) is 2.86. The fraction of sp³-hybridized carbons (Fsp3) is 0.250. The maximum atomic E-state index is 12.4. The number of carbonyl (C=O) groups excluding carboxylic acids is 1. The van der Waals surface area contributed by atoms with Crippen LogP contribution in [0.2, 0.25) is 0 Å². The summed E-state index contributed by atoms with van der Waals surface area (Å²) < 4.78 is 39.7. The Hall–Kier alpha value is -3.09. The summed E-state index contributed by atoms with van der Waals surface area (Å²) in [5.74, 6) is 0.616. The highest BCUT2D eigenvalue weighted by molar-refractivity contribution is 5.92. The van der Waals surface area contributed by atoms with Crippen LogP contribution in [0.5, 0.6) is 17.2 Å². The molecule has 0 spiro atoms. The molecule has 1 atom stereocenters. The zero-order chi connectivity index (χ0) is 19.2. The van der Waals surface area contributed by atoms with E-state index < -0.39 is 6.61 Å². The number of carbonyl (C=O) groups is 1. The van der Waals surface area contributed by atoms with E-state index in [4.69, 9.17) is 9.47 Å². The van der Waals surface area contributed by atoms with Gasteiger partial charge in [0.25, 0.3) is 0 Å². The van der Waals surface area contributed by atoms with Crippen molar-refractivity contribution in [3.05, 3.63) is 59.7 Å². The lowest BCUT2D eigenvalue weighted by atomic mass is 10.0. The van der Waals surface area contributed by atoms with Crippen LogP contribution in [0.25, 0.3) is 6.08 Å². The minimum absolute atomic E-state index is 0.0621. The van der Waals surface area contributed by atoms with E-state index in [0.29, 0.717) is 18.6 Å². The minimum Gasteiger partial charge on any atom is -0.493 e. The Morgan fingerprint density at radius 2 is 2.07 bits per heavy atom. The van der Waals surface area contributed by atoms with E-state index in [-0.39, 0.29) is 23.4 Å². The summed E-state index contributed by atoms with van der Waals surface area (Å²) in [6, 6.07) is 11.9. The Bertz CT molecular complexity index is 838. The van der Waals surface area contributed by atoms with Crippen LogP contribution in [0.4, 0.5) is 8.78 Å². The molecule has 1 N–H and O–H groups in total. The van der Waals surface area contributed by atoms with Gasteiger partial charge in [-0.05, 0) is 29.8 Å². The topological polar surface area (TPSA) is 56.8 Å². The molecule has 0 bridgehead atoms. The summed E-state index contributed by atoms with van der Waals surface area (Å²) in [6.07, 6.45) is 3.65. The molecule has 0 saturated carbocycles. The maximum Gasteiger partial charge on any atom is 0.387 e. The van der Waals surface area contributed by atoms with Gasteiger partial charge < -0.3 is 19.5 Å². The smallest absolute Gasteiger partial charge is 0.387 e. The van der Waals surface area contributed by atoms with Gasteiger partial charge in [0.05, 0.1) is 19.8 Å². The molecular formula is C20H19F2NO4. The van der Waals surface area contributed by atoms with E-state index in [9.17, 15) is 13.6 Å². The van der Waals surface area contributed by atoms with Gasteiger partial charge in [0.2, 0.25) is 5.91 Å². The second-order valence-corrected chi connectivity index (χ2v) is 5.86. The monoisotopic (exact) mass is 375 g/mol. The average molecular weight is 375 g/mol. The SMILES string of the molecule is COc1cc(/C=C/C(=O)NC2CCOc3ccccc32)ccc1OC(F)F. The third kappa shape index (κ3) is 4.75. The highest BCUT2D eigenvalue weighted by atomic mass is 19.3. The van der Waals surface area contributed by atoms with Crippen molar-refractivity contribution in [1.82, 2.24) is 5.32 Å². The van der Waals surface area contributed by atoms with Crippen LogP contribution in [-0.4, -0.2) is 26.2 Å². The molecule has 142 valence electrons. The van der Waals surface area contributed by atoms with Gasteiger partial charge in [0, 0.05) is 18.1 Å². The number of alkyl halides is 2. The second-order valence-electron chi connectivity index (χ2n) is 5.86. The predicted octanol–water partition coefficient (Wildman–Crippen LogP) is 3.95. The number of ether oxygens (including phenoxy) is 3. The molecule has 7 heteroatoms. The minimum atomic E-state index is -2.94. The molecule has 3 rings (SSSR count). The highest BCUT2D eigenvalue weighted by Gasteiger charge is 2.21. The van der Waals surface area contributed by atoms with E-state index in [1.54, 1.807) is 12.1 Å². The number of nitrogens with one attached hydrogen (secondary N) is 1. The van der Waals surface area contributed by atoms with E-state index in [2.05, 4.69) is 10.1 Å². The van der Waals surface area contributed by atoms with Crippen LogP contribution in [0.1, 0.15) is 23.6 Å². The average Bonchev–Trinajstić information content (AvgIpc) is 2.67. The number of para-hydroxylation sites is 1.